The van der Waals surface area contributed by atoms with Gasteiger partial charge < -0.3 is 5.32 Å². The van der Waals surface area contributed by atoms with Crippen molar-refractivity contribution in [1.82, 2.24) is 0 Å². The van der Waals surface area contributed by atoms with Gasteiger partial charge in [-0.25, -0.2) is 4.99 Å². The van der Waals surface area contributed by atoms with Crippen molar-refractivity contribution in [3.63, 3.8) is 0 Å². The molecule has 0 amide bonds. The summed E-state index contributed by atoms with van der Waals surface area (Å²) in [7, 11) is 0. The van der Waals surface area contributed by atoms with Crippen molar-refractivity contribution >= 4 is 23.3 Å². The average molecular weight is 394 g/mol. The fourth-order valence-corrected chi connectivity index (χ4v) is 3.68. The summed E-state index contributed by atoms with van der Waals surface area (Å²) in [4.78, 5) is 9.41. The van der Waals surface area contributed by atoms with Gasteiger partial charge >= 0.3 is 0 Å². The first-order valence-corrected chi connectivity index (χ1v) is 10.5. The summed E-state index contributed by atoms with van der Waals surface area (Å²) in [6, 6.07) is 27.6. The molecule has 0 spiro atoms. The van der Waals surface area contributed by atoms with E-state index >= 15 is 0 Å². The predicted molar refractivity (Wildman–Crippen MR) is 129 cm³/mol. The molecule has 3 aromatic carbocycles. The Bertz CT molecular complexity index is 1050. The number of anilines is 1. The highest BCUT2D eigenvalue weighted by Crippen LogP contribution is 2.25. The SMILES string of the molecule is C=Cc1ccc(NC(CCC)c2ccc(C3=NCC(c4ccccc4)=N3)cc2)cc1. The number of aliphatic imine (C=N–C) groups is 2. The molecule has 3 aromatic rings. The molecule has 1 unspecified atom stereocenters. The fraction of sp³-hybridized carbons (Fsp3) is 0.185. The summed E-state index contributed by atoms with van der Waals surface area (Å²) < 4.78 is 0. The van der Waals surface area contributed by atoms with Gasteiger partial charge in [0.2, 0.25) is 0 Å². The molecule has 1 aliphatic rings. The van der Waals surface area contributed by atoms with Crippen molar-refractivity contribution in [1.29, 1.82) is 0 Å². The number of benzene rings is 3. The summed E-state index contributed by atoms with van der Waals surface area (Å²) in [5, 5.41) is 3.67. The predicted octanol–water partition coefficient (Wildman–Crippen LogP) is 6.53. The number of hydrogen-bond donors (Lipinski definition) is 1. The maximum Gasteiger partial charge on any atom is 0.155 e. The Morgan fingerprint density at radius 1 is 0.933 bits per heavy atom. The van der Waals surface area contributed by atoms with Crippen molar-refractivity contribution in [3.05, 3.63) is 108 Å². The lowest BCUT2D eigenvalue weighted by Gasteiger charge is -2.20. The zero-order valence-electron chi connectivity index (χ0n) is 17.4. The molecule has 150 valence electrons. The van der Waals surface area contributed by atoms with E-state index in [1.807, 2.05) is 24.3 Å². The number of rotatable bonds is 8. The Kier molecular flexibility index (Phi) is 6.19. The lowest BCUT2D eigenvalue weighted by atomic mass is 10.00. The van der Waals surface area contributed by atoms with Gasteiger partial charge in [0.05, 0.1) is 18.3 Å². The van der Waals surface area contributed by atoms with Crippen LogP contribution in [0.3, 0.4) is 0 Å². The van der Waals surface area contributed by atoms with E-state index in [2.05, 4.69) is 84.5 Å². The Morgan fingerprint density at radius 3 is 2.33 bits per heavy atom. The van der Waals surface area contributed by atoms with E-state index in [4.69, 9.17) is 4.99 Å². The summed E-state index contributed by atoms with van der Waals surface area (Å²) in [5.41, 5.74) is 6.77. The van der Waals surface area contributed by atoms with Crippen molar-refractivity contribution < 1.29 is 0 Å². The lowest BCUT2D eigenvalue weighted by Crippen LogP contribution is -2.11. The number of hydrogen-bond acceptors (Lipinski definition) is 3. The number of nitrogens with zero attached hydrogens (tertiary/aromatic N) is 2. The van der Waals surface area contributed by atoms with Gasteiger partial charge in [-0.05, 0) is 35.2 Å². The van der Waals surface area contributed by atoms with Gasteiger partial charge in [0, 0.05) is 11.3 Å². The minimum absolute atomic E-state index is 0.271. The molecular weight excluding hydrogens is 366 g/mol. The van der Waals surface area contributed by atoms with Crippen LogP contribution >= 0.6 is 0 Å². The third kappa shape index (κ3) is 4.57. The Labute approximate surface area is 178 Å². The Hall–Kier alpha value is -3.46. The number of nitrogens with one attached hydrogen (secondary N) is 1. The molecule has 0 radical (unpaired) electrons. The summed E-state index contributed by atoms with van der Waals surface area (Å²) in [6.45, 7) is 6.68. The maximum atomic E-state index is 4.77. The third-order valence-electron chi connectivity index (χ3n) is 5.36. The van der Waals surface area contributed by atoms with E-state index in [1.54, 1.807) is 0 Å². The van der Waals surface area contributed by atoms with Crippen LogP contribution in [0, 0.1) is 0 Å². The summed E-state index contributed by atoms with van der Waals surface area (Å²) in [5.74, 6) is 0.820. The van der Waals surface area contributed by atoms with E-state index in [9.17, 15) is 0 Å². The van der Waals surface area contributed by atoms with Gasteiger partial charge in [-0.3, -0.25) is 4.99 Å². The molecule has 0 aromatic heterocycles. The van der Waals surface area contributed by atoms with Crippen LogP contribution in [0.2, 0.25) is 0 Å². The Balaban J connectivity index is 1.49. The second-order valence-electron chi connectivity index (χ2n) is 7.50. The van der Waals surface area contributed by atoms with Gasteiger partial charge in [-0.15, -0.1) is 0 Å². The highest BCUT2D eigenvalue weighted by Gasteiger charge is 2.15. The highest BCUT2D eigenvalue weighted by atomic mass is 15.0. The first kappa shape index (κ1) is 19.8. The van der Waals surface area contributed by atoms with Crippen molar-refractivity contribution in [2.45, 2.75) is 25.8 Å². The maximum absolute atomic E-state index is 4.77. The zero-order valence-corrected chi connectivity index (χ0v) is 17.4. The molecule has 0 saturated heterocycles. The van der Waals surface area contributed by atoms with Crippen LogP contribution in [-0.4, -0.2) is 18.1 Å². The van der Waals surface area contributed by atoms with Crippen molar-refractivity contribution in [2.24, 2.45) is 9.98 Å². The van der Waals surface area contributed by atoms with E-state index in [1.165, 1.54) is 5.56 Å². The minimum Gasteiger partial charge on any atom is -0.378 e. The van der Waals surface area contributed by atoms with Gasteiger partial charge in [-0.2, -0.15) is 0 Å². The average Bonchev–Trinajstić information content (AvgIpc) is 3.30. The van der Waals surface area contributed by atoms with Crippen LogP contribution in [0.5, 0.6) is 0 Å². The summed E-state index contributed by atoms with van der Waals surface area (Å²) >= 11 is 0. The first-order valence-electron chi connectivity index (χ1n) is 10.5. The van der Waals surface area contributed by atoms with Gasteiger partial charge in [0.15, 0.2) is 5.84 Å². The van der Waals surface area contributed by atoms with Crippen LogP contribution in [0.25, 0.3) is 6.08 Å². The zero-order chi connectivity index (χ0) is 20.8. The molecule has 0 aliphatic carbocycles. The van der Waals surface area contributed by atoms with E-state index < -0.39 is 0 Å². The second kappa shape index (κ2) is 9.36. The van der Waals surface area contributed by atoms with Crippen LogP contribution in [0.4, 0.5) is 5.69 Å². The van der Waals surface area contributed by atoms with E-state index in [0.29, 0.717) is 6.54 Å². The standard InChI is InChI=1S/C27H27N3/c1-3-8-25(29-24-17-11-20(4-2)12-18-24)22-13-15-23(16-14-22)27-28-19-26(30-27)21-9-6-5-7-10-21/h4-7,9-18,25,29H,2-3,8,19H2,1H3. The molecule has 3 nitrogen and oxygen atoms in total. The first-order chi connectivity index (χ1) is 14.8. The molecule has 30 heavy (non-hydrogen) atoms. The van der Waals surface area contributed by atoms with Gasteiger partial charge in [0.25, 0.3) is 0 Å². The molecule has 0 fully saturated rings. The van der Waals surface area contributed by atoms with Crippen LogP contribution in [0.1, 0.15) is 48.1 Å². The van der Waals surface area contributed by atoms with E-state index in [0.717, 1.165) is 46.8 Å². The third-order valence-corrected chi connectivity index (χ3v) is 5.36. The molecule has 1 atom stereocenters. The molecule has 4 rings (SSSR count). The topological polar surface area (TPSA) is 36.8 Å². The van der Waals surface area contributed by atoms with Gasteiger partial charge in [0.1, 0.15) is 0 Å². The van der Waals surface area contributed by atoms with Crippen LogP contribution in [-0.2, 0) is 0 Å². The molecular formula is C27H27N3. The van der Waals surface area contributed by atoms with Crippen molar-refractivity contribution in [3.8, 4) is 0 Å². The quantitative estimate of drug-likeness (QED) is 0.464. The highest BCUT2D eigenvalue weighted by molar-refractivity contribution is 6.17. The Morgan fingerprint density at radius 2 is 1.67 bits per heavy atom. The van der Waals surface area contributed by atoms with Crippen molar-refractivity contribution in [2.75, 3.05) is 11.9 Å². The smallest absolute Gasteiger partial charge is 0.155 e. The molecule has 1 aliphatic heterocycles. The fourth-order valence-electron chi connectivity index (χ4n) is 3.68. The van der Waals surface area contributed by atoms with Gasteiger partial charge in [-0.1, -0.05) is 92.7 Å². The van der Waals surface area contributed by atoms with Crippen LogP contribution in [0.15, 0.2) is 95.4 Å². The van der Waals surface area contributed by atoms with Crippen LogP contribution < -0.4 is 5.32 Å². The molecule has 0 saturated carbocycles. The monoisotopic (exact) mass is 393 g/mol. The molecule has 0 bridgehead atoms. The molecule has 3 heteroatoms. The normalized spacial score (nSPS) is 14.0. The second-order valence-corrected chi connectivity index (χ2v) is 7.50. The lowest BCUT2D eigenvalue weighted by molar-refractivity contribution is 0.677. The molecule has 1 N–H and O–H groups in total. The summed E-state index contributed by atoms with van der Waals surface area (Å²) in [6.07, 6.45) is 4.05. The largest absolute Gasteiger partial charge is 0.378 e. The minimum atomic E-state index is 0.271. The molecule has 1 heterocycles. The van der Waals surface area contributed by atoms with E-state index in [-0.39, 0.29) is 6.04 Å². The number of amidine groups is 1.